The van der Waals surface area contributed by atoms with Gasteiger partial charge in [0.1, 0.15) is 0 Å². The molecular formula is C16H15N3O2. The van der Waals surface area contributed by atoms with Crippen LogP contribution in [0.4, 0.5) is 5.69 Å². The number of pyridine rings is 1. The first kappa shape index (κ1) is 14.5. The maximum absolute atomic E-state index is 11.9. The van der Waals surface area contributed by atoms with E-state index in [2.05, 4.69) is 10.3 Å². The van der Waals surface area contributed by atoms with Crippen molar-refractivity contribution >= 4 is 23.6 Å². The Morgan fingerprint density at radius 1 is 1.19 bits per heavy atom. The zero-order valence-electron chi connectivity index (χ0n) is 11.5. The smallest absolute Gasteiger partial charge is 0.251 e. The molecule has 0 spiro atoms. The molecule has 0 bridgehead atoms. The molecule has 0 radical (unpaired) electrons. The molecule has 1 aromatic carbocycles. The Hall–Kier alpha value is -2.95. The van der Waals surface area contributed by atoms with Gasteiger partial charge in [-0.15, -0.1) is 0 Å². The zero-order chi connectivity index (χ0) is 15.2. The van der Waals surface area contributed by atoms with Crippen LogP contribution in [0.5, 0.6) is 0 Å². The summed E-state index contributed by atoms with van der Waals surface area (Å²) in [6.45, 7) is 1.76. The molecule has 0 aliphatic carbocycles. The number of anilines is 1. The summed E-state index contributed by atoms with van der Waals surface area (Å²) in [7, 11) is 0. The average molecular weight is 281 g/mol. The number of hydrogen-bond donors (Lipinski definition) is 2. The molecule has 0 aliphatic rings. The Bertz CT molecular complexity index is 694. The first-order chi connectivity index (χ1) is 10.1. The van der Waals surface area contributed by atoms with Crippen molar-refractivity contribution in [3.63, 3.8) is 0 Å². The lowest BCUT2D eigenvalue weighted by atomic mass is 10.1. The largest absolute Gasteiger partial charge is 0.366 e. The van der Waals surface area contributed by atoms with E-state index in [-0.39, 0.29) is 5.91 Å². The van der Waals surface area contributed by atoms with Gasteiger partial charge in [0.2, 0.25) is 5.91 Å². The molecule has 106 valence electrons. The van der Waals surface area contributed by atoms with E-state index in [0.29, 0.717) is 22.5 Å². The molecule has 2 rings (SSSR count). The Balaban J connectivity index is 2.15. The molecule has 0 fully saturated rings. The second-order valence-electron chi connectivity index (χ2n) is 4.44. The van der Waals surface area contributed by atoms with E-state index in [4.69, 9.17) is 5.73 Å². The molecule has 0 saturated carbocycles. The van der Waals surface area contributed by atoms with Crippen molar-refractivity contribution in [1.29, 1.82) is 0 Å². The summed E-state index contributed by atoms with van der Waals surface area (Å²) >= 11 is 0. The van der Waals surface area contributed by atoms with Gasteiger partial charge < -0.3 is 11.1 Å². The minimum atomic E-state index is -0.572. The van der Waals surface area contributed by atoms with E-state index < -0.39 is 5.91 Å². The number of hydrogen-bond acceptors (Lipinski definition) is 3. The summed E-state index contributed by atoms with van der Waals surface area (Å²) < 4.78 is 0. The van der Waals surface area contributed by atoms with Crippen LogP contribution < -0.4 is 11.1 Å². The monoisotopic (exact) mass is 281 g/mol. The van der Waals surface area contributed by atoms with Crippen molar-refractivity contribution in [3.05, 3.63) is 65.5 Å². The summed E-state index contributed by atoms with van der Waals surface area (Å²) in [6, 6.07) is 10.6. The lowest BCUT2D eigenvalue weighted by Crippen LogP contribution is -2.18. The van der Waals surface area contributed by atoms with Crippen LogP contribution in [0.3, 0.4) is 0 Å². The number of nitrogens with two attached hydrogens (primary N) is 1. The van der Waals surface area contributed by atoms with Gasteiger partial charge in [0.05, 0.1) is 16.9 Å². The van der Waals surface area contributed by atoms with Crippen LogP contribution >= 0.6 is 0 Å². The molecular weight excluding hydrogens is 266 g/mol. The van der Waals surface area contributed by atoms with Crippen LogP contribution in [0, 0.1) is 6.92 Å². The molecule has 3 N–H and O–H groups in total. The van der Waals surface area contributed by atoms with Crippen LogP contribution in [-0.4, -0.2) is 16.8 Å². The van der Waals surface area contributed by atoms with Crippen LogP contribution in [0.2, 0.25) is 0 Å². The summed E-state index contributed by atoms with van der Waals surface area (Å²) in [4.78, 5) is 27.4. The fourth-order valence-electron chi connectivity index (χ4n) is 1.91. The maximum atomic E-state index is 11.9. The lowest BCUT2D eigenvalue weighted by molar-refractivity contribution is -0.111. The number of carbonyl (C=O) groups is 2. The van der Waals surface area contributed by atoms with Gasteiger partial charge in [-0.25, -0.2) is 0 Å². The molecule has 0 atom stereocenters. The summed E-state index contributed by atoms with van der Waals surface area (Å²) in [6.07, 6.45) is 4.59. The highest BCUT2D eigenvalue weighted by Crippen LogP contribution is 2.18. The maximum Gasteiger partial charge on any atom is 0.251 e. The van der Waals surface area contributed by atoms with Crippen molar-refractivity contribution in [2.75, 3.05) is 5.32 Å². The van der Waals surface area contributed by atoms with Gasteiger partial charge in [0.25, 0.3) is 5.91 Å². The third-order valence-corrected chi connectivity index (χ3v) is 2.87. The number of nitrogens with one attached hydrogen (secondary N) is 1. The predicted molar refractivity (Wildman–Crippen MR) is 81.6 cm³/mol. The van der Waals surface area contributed by atoms with Crippen LogP contribution in [0.1, 0.15) is 21.6 Å². The topological polar surface area (TPSA) is 85.1 Å². The number of aryl methyl sites for hydroxylation is 1. The second kappa shape index (κ2) is 6.47. The number of rotatable bonds is 4. The fraction of sp³-hybridized carbons (Fsp3) is 0.0625. The van der Waals surface area contributed by atoms with Crippen molar-refractivity contribution < 1.29 is 9.59 Å². The number of carbonyl (C=O) groups excluding carboxylic acids is 2. The van der Waals surface area contributed by atoms with Gasteiger partial charge in [0.15, 0.2) is 0 Å². The number of nitrogens with zero attached hydrogens (tertiary/aromatic N) is 1. The van der Waals surface area contributed by atoms with E-state index in [0.717, 1.165) is 0 Å². The number of primary amides is 1. The van der Waals surface area contributed by atoms with Gasteiger partial charge in [0, 0.05) is 12.3 Å². The van der Waals surface area contributed by atoms with E-state index in [1.54, 1.807) is 49.5 Å². The molecule has 1 heterocycles. The van der Waals surface area contributed by atoms with E-state index in [1.807, 2.05) is 6.07 Å². The summed E-state index contributed by atoms with van der Waals surface area (Å²) in [5.74, 6) is -0.925. The van der Waals surface area contributed by atoms with Crippen LogP contribution in [0.25, 0.3) is 6.08 Å². The van der Waals surface area contributed by atoms with Crippen molar-refractivity contribution in [2.24, 2.45) is 5.73 Å². The van der Waals surface area contributed by atoms with Gasteiger partial charge in [-0.05, 0) is 36.8 Å². The third kappa shape index (κ3) is 3.76. The molecule has 5 nitrogen and oxygen atoms in total. The Kier molecular flexibility index (Phi) is 4.46. The van der Waals surface area contributed by atoms with Crippen molar-refractivity contribution in [2.45, 2.75) is 6.92 Å². The zero-order valence-corrected chi connectivity index (χ0v) is 11.5. The first-order valence-corrected chi connectivity index (χ1v) is 6.37. The minimum absolute atomic E-state index is 0.317. The standard InChI is InChI=1S/C16H15N3O2/c1-11-5-4-7-13(15(11)16(17)21)19-14(20)9-8-12-6-2-3-10-18-12/h2-10H,1H3,(H2,17,21)(H,19,20). The number of benzene rings is 1. The normalized spacial score (nSPS) is 10.5. The summed E-state index contributed by atoms with van der Waals surface area (Å²) in [5, 5.41) is 2.65. The summed E-state index contributed by atoms with van der Waals surface area (Å²) in [5.41, 5.74) is 7.45. The highest BCUT2D eigenvalue weighted by atomic mass is 16.2. The van der Waals surface area contributed by atoms with E-state index in [1.165, 1.54) is 6.08 Å². The average Bonchev–Trinajstić information content (AvgIpc) is 2.46. The van der Waals surface area contributed by atoms with E-state index >= 15 is 0 Å². The van der Waals surface area contributed by atoms with Crippen LogP contribution in [-0.2, 0) is 4.79 Å². The lowest BCUT2D eigenvalue weighted by Gasteiger charge is -2.09. The quantitative estimate of drug-likeness (QED) is 0.842. The van der Waals surface area contributed by atoms with Gasteiger partial charge in [-0.1, -0.05) is 18.2 Å². The SMILES string of the molecule is Cc1cccc(NC(=O)C=Cc2ccccn2)c1C(N)=O. The second-order valence-corrected chi connectivity index (χ2v) is 4.44. The molecule has 1 aromatic heterocycles. The third-order valence-electron chi connectivity index (χ3n) is 2.87. The van der Waals surface area contributed by atoms with Gasteiger partial charge in [-0.2, -0.15) is 0 Å². The molecule has 2 aromatic rings. The minimum Gasteiger partial charge on any atom is -0.366 e. The Morgan fingerprint density at radius 3 is 2.67 bits per heavy atom. The molecule has 21 heavy (non-hydrogen) atoms. The van der Waals surface area contributed by atoms with E-state index in [9.17, 15) is 9.59 Å². The first-order valence-electron chi connectivity index (χ1n) is 6.37. The highest BCUT2D eigenvalue weighted by Gasteiger charge is 2.12. The van der Waals surface area contributed by atoms with Crippen molar-refractivity contribution in [1.82, 2.24) is 4.98 Å². The van der Waals surface area contributed by atoms with Gasteiger partial charge >= 0.3 is 0 Å². The molecule has 0 saturated heterocycles. The fourth-order valence-corrected chi connectivity index (χ4v) is 1.91. The highest BCUT2D eigenvalue weighted by molar-refractivity contribution is 6.07. The van der Waals surface area contributed by atoms with Crippen molar-refractivity contribution in [3.8, 4) is 0 Å². The van der Waals surface area contributed by atoms with Crippen LogP contribution in [0.15, 0.2) is 48.7 Å². The molecule has 5 heteroatoms. The predicted octanol–water partition coefficient (Wildman–Crippen LogP) is 2.14. The number of amides is 2. The molecule has 0 unspecified atom stereocenters. The Morgan fingerprint density at radius 2 is 2.00 bits per heavy atom. The Labute approximate surface area is 122 Å². The van der Waals surface area contributed by atoms with Gasteiger partial charge in [-0.3, -0.25) is 14.6 Å². The number of aromatic nitrogens is 1. The molecule has 0 aliphatic heterocycles. The molecule has 2 amide bonds.